The van der Waals surface area contributed by atoms with Gasteiger partial charge in [-0.3, -0.25) is 24.1 Å². The average Bonchev–Trinajstić information content (AvgIpc) is 3.11. The molecule has 1 N–H and O–H groups in total. The van der Waals surface area contributed by atoms with Crippen LogP contribution in [0.4, 0.5) is 5.69 Å². The van der Waals surface area contributed by atoms with Gasteiger partial charge in [0, 0.05) is 29.9 Å². The van der Waals surface area contributed by atoms with Gasteiger partial charge >= 0.3 is 0 Å². The van der Waals surface area contributed by atoms with Crippen LogP contribution in [0.1, 0.15) is 70.1 Å². The molecule has 2 aromatic rings. The number of nitrogens with zero attached hydrogens (tertiary/aromatic N) is 2. The van der Waals surface area contributed by atoms with E-state index in [9.17, 15) is 19.2 Å². The zero-order chi connectivity index (χ0) is 24.2. The van der Waals surface area contributed by atoms with Crippen LogP contribution >= 0.6 is 0 Å². The number of nitrogens with one attached hydrogen (secondary N) is 1. The van der Waals surface area contributed by atoms with E-state index in [0.717, 1.165) is 32.1 Å². The number of carbonyl (C=O) groups excluding carboxylic acids is 4. The lowest BCUT2D eigenvalue weighted by Crippen LogP contribution is -2.40. The molecule has 0 saturated heterocycles. The number of imide groups is 1. The molecule has 8 nitrogen and oxygen atoms in total. The predicted octanol–water partition coefficient (Wildman–Crippen LogP) is 3.72. The van der Waals surface area contributed by atoms with Gasteiger partial charge in [-0.1, -0.05) is 25.3 Å². The molecule has 0 atom stereocenters. The Bertz CT molecular complexity index is 1120. The summed E-state index contributed by atoms with van der Waals surface area (Å²) < 4.78 is 5.16. The Morgan fingerprint density at radius 3 is 2.47 bits per heavy atom. The Morgan fingerprint density at radius 2 is 1.76 bits per heavy atom. The lowest BCUT2D eigenvalue weighted by atomic mass is 9.94. The molecule has 1 heterocycles. The van der Waals surface area contributed by atoms with Gasteiger partial charge in [0.2, 0.25) is 5.91 Å². The maximum atomic E-state index is 13.2. The first-order valence-electron chi connectivity index (χ1n) is 11.7. The minimum Gasteiger partial charge on any atom is -0.497 e. The molecular weight excluding hydrogens is 434 g/mol. The SMILES string of the molecule is CCN(CC(=O)Nc1cccc(OC)c1)C(=O)c1ccc2c(c1)C(=O)N(C1CCCCC1)C2=O. The van der Waals surface area contributed by atoms with E-state index in [2.05, 4.69) is 5.32 Å². The fourth-order valence-corrected chi connectivity index (χ4v) is 4.65. The molecule has 4 rings (SSSR count). The quantitative estimate of drug-likeness (QED) is 0.632. The Kier molecular flexibility index (Phi) is 6.95. The van der Waals surface area contributed by atoms with Gasteiger partial charge in [0.1, 0.15) is 12.3 Å². The first-order chi connectivity index (χ1) is 16.4. The number of ether oxygens (including phenoxy) is 1. The molecule has 2 aromatic carbocycles. The maximum Gasteiger partial charge on any atom is 0.261 e. The number of hydrogen-bond donors (Lipinski definition) is 1. The van der Waals surface area contributed by atoms with Crippen LogP contribution in [0.15, 0.2) is 42.5 Å². The molecule has 2 aliphatic rings. The monoisotopic (exact) mass is 463 g/mol. The summed E-state index contributed by atoms with van der Waals surface area (Å²) in [6.45, 7) is 1.94. The summed E-state index contributed by atoms with van der Waals surface area (Å²) >= 11 is 0. The molecule has 34 heavy (non-hydrogen) atoms. The van der Waals surface area contributed by atoms with Gasteiger partial charge in [-0.05, 0) is 50.1 Å². The van der Waals surface area contributed by atoms with Gasteiger partial charge in [-0.25, -0.2) is 0 Å². The lowest BCUT2D eigenvalue weighted by molar-refractivity contribution is -0.116. The number of benzene rings is 2. The topological polar surface area (TPSA) is 96.0 Å². The first kappa shape index (κ1) is 23.5. The van der Waals surface area contributed by atoms with Crippen LogP contribution in [0.5, 0.6) is 5.75 Å². The number of fused-ring (bicyclic) bond motifs is 1. The second-order valence-corrected chi connectivity index (χ2v) is 8.63. The number of hydrogen-bond acceptors (Lipinski definition) is 5. The van der Waals surface area contributed by atoms with Gasteiger partial charge in [-0.15, -0.1) is 0 Å². The van der Waals surface area contributed by atoms with E-state index in [4.69, 9.17) is 4.74 Å². The summed E-state index contributed by atoms with van der Waals surface area (Å²) in [5.74, 6) is -0.723. The van der Waals surface area contributed by atoms with Crippen molar-refractivity contribution < 1.29 is 23.9 Å². The van der Waals surface area contributed by atoms with Crippen LogP contribution in [0, 0.1) is 0 Å². The minimum absolute atomic E-state index is 0.0762. The average molecular weight is 464 g/mol. The molecule has 0 unspecified atom stereocenters. The Morgan fingerprint density at radius 1 is 1.03 bits per heavy atom. The molecule has 178 valence electrons. The van der Waals surface area contributed by atoms with E-state index < -0.39 is 0 Å². The second kappa shape index (κ2) is 10.1. The van der Waals surface area contributed by atoms with Crippen molar-refractivity contribution in [2.24, 2.45) is 0 Å². The molecule has 0 spiro atoms. The summed E-state index contributed by atoms with van der Waals surface area (Å²) in [7, 11) is 1.54. The highest BCUT2D eigenvalue weighted by Crippen LogP contribution is 2.31. The van der Waals surface area contributed by atoms with Gasteiger partial charge in [0.15, 0.2) is 0 Å². The van der Waals surface area contributed by atoms with E-state index in [1.807, 2.05) is 0 Å². The fraction of sp³-hybridized carbons (Fsp3) is 0.385. The number of rotatable bonds is 7. The van der Waals surface area contributed by atoms with Gasteiger partial charge in [0.05, 0.1) is 18.2 Å². The lowest BCUT2D eigenvalue weighted by Gasteiger charge is -2.29. The Hall–Kier alpha value is -3.68. The van der Waals surface area contributed by atoms with Crippen LogP contribution in [0.3, 0.4) is 0 Å². The van der Waals surface area contributed by atoms with Gasteiger partial charge in [-0.2, -0.15) is 0 Å². The zero-order valence-corrected chi connectivity index (χ0v) is 19.5. The van der Waals surface area contributed by atoms with E-state index in [-0.39, 0.29) is 47.3 Å². The summed E-state index contributed by atoms with van der Waals surface area (Å²) in [6, 6.07) is 11.5. The standard InChI is InChI=1S/C26H29N3O5/c1-3-28(16-23(30)27-18-8-7-11-20(15-18)34-2)24(31)17-12-13-21-22(14-17)26(33)29(25(21)32)19-9-5-4-6-10-19/h7-8,11-15,19H,3-6,9-10,16H2,1-2H3,(H,27,30). The van der Waals surface area contributed by atoms with E-state index >= 15 is 0 Å². The fourth-order valence-electron chi connectivity index (χ4n) is 4.65. The zero-order valence-electron chi connectivity index (χ0n) is 19.5. The minimum atomic E-state index is -0.373. The number of carbonyl (C=O) groups is 4. The van der Waals surface area contributed by atoms with Crippen LogP contribution in [-0.2, 0) is 4.79 Å². The van der Waals surface area contributed by atoms with Crippen molar-refractivity contribution in [3.05, 3.63) is 59.2 Å². The summed E-state index contributed by atoms with van der Waals surface area (Å²) in [5.41, 5.74) is 1.45. The van der Waals surface area contributed by atoms with Crippen LogP contribution in [-0.4, -0.2) is 59.7 Å². The van der Waals surface area contributed by atoms with Crippen LogP contribution in [0.25, 0.3) is 0 Å². The maximum absolute atomic E-state index is 13.2. The van der Waals surface area contributed by atoms with E-state index in [1.165, 1.54) is 15.9 Å². The molecule has 1 fully saturated rings. The van der Waals surface area contributed by atoms with Crippen molar-refractivity contribution >= 4 is 29.3 Å². The second-order valence-electron chi connectivity index (χ2n) is 8.63. The number of likely N-dealkylation sites (N-methyl/N-ethyl adjacent to an activating group) is 1. The highest BCUT2D eigenvalue weighted by atomic mass is 16.5. The third kappa shape index (κ3) is 4.66. The number of methoxy groups -OCH3 is 1. The molecule has 0 aromatic heterocycles. The van der Waals surface area contributed by atoms with E-state index in [1.54, 1.807) is 50.4 Å². The summed E-state index contributed by atoms with van der Waals surface area (Å²) in [6.07, 6.45) is 4.78. The number of amides is 4. The van der Waals surface area contributed by atoms with Gasteiger partial charge in [0.25, 0.3) is 17.7 Å². The first-order valence-corrected chi connectivity index (χ1v) is 11.7. The highest BCUT2D eigenvalue weighted by Gasteiger charge is 2.40. The molecule has 4 amide bonds. The van der Waals surface area contributed by atoms with Crippen molar-refractivity contribution in [3.8, 4) is 5.75 Å². The Balaban J connectivity index is 1.47. The smallest absolute Gasteiger partial charge is 0.261 e. The van der Waals surface area contributed by atoms with Crippen molar-refractivity contribution in [3.63, 3.8) is 0 Å². The molecule has 0 radical (unpaired) electrons. The summed E-state index contributed by atoms with van der Waals surface area (Å²) in [4.78, 5) is 54.4. The summed E-state index contributed by atoms with van der Waals surface area (Å²) in [5, 5.41) is 2.77. The van der Waals surface area contributed by atoms with E-state index in [0.29, 0.717) is 23.5 Å². The largest absolute Gasteiger partial charge is 0.497 e. The molecule has 0 bridgehead atoms. The highest BCUT2D eigenvalue weighted by molar-refractivity contribution is 6.22. The molecular formula is C26H29N3O5. The van der Waals surface area contributed by atoms with Crippen molar-refractivity contribution in [2.75, 3.05) is 25.5 Å². The Labute approximate surface area is 198 Å². The molecule has 1 saturated carbocycles. The third-order valence-electron chi connectivity index (χ3n) is 6.46. The molecule has 8 heteroatoms. The van der Waals surface area contributed by atoms with Crippen molar-refractivity contribution in [1.82, 2.24) is 9.80 Å². The van der Waals surface area contributed by atoms with Gasteiger partial charge < -0.3 is 15.0 Å². The molecule has 1 aliphatic carbocycles. The number of anilines is 1. The van der Waals surface area contributed by atoms with Crippen LogP contribution < -0.4 is 10.1 Å². The van der Waals surface area contributed by atoms with Crippen molar-refractivity contribution in [1.29, 1.82) is 0 Å². The van der Waals surface area contributed by atoms with Crippen LogP contribution in [0.2, 0.25) is 0 Å². The molecule has 1 aliphatic heterocycles. The third-order valence-corrected chi connectivity index (χ3v) is 6.46. The van der Waals surface area contributed by atoms with Crippen molar-refractivity contribution in [2.45, 2.75) is 45.1 Å². The predicted molar refractivity (Wildman–Crippen MR) is 127 cm³/mol. The normalized spacial score (nSPS) is 15.8.